The molecule has 1 unspecified atom stereocenters. The highest BCUT2D eigenvalue weighted by Gasteiger charge is 2.31. The first-order valence-corrected chi connectivity index (χ1v) is 10.6. The molecule has 1 atom stereocenters. The van der Waals surface area contributed by atoms with E-state index in [4.69, 9.17) is 21.1 Å². The molecule has 0 bridgehead atoms. The van der Waals surface area contributed by atoms with Crippen LogP contribution >= 0.6 is 22.9 Å². The van der Waals surface area contributed by atoms with Crippen molar-refractivity contribution in [3.8, 4) is 11.4 Å². The molecule has 0 aliphatic heterocycles. The van der Waals surface area contributed by atoms with Crippen LogP contribution in [0.15, 0.2) is 41.2 Å². The third-order valence-corrected chi connectivity index (χ3v) is 5.66. The van der Waals surface area contributed by atoms with Gasteiger partial charge in [-0.05, 0) is 43.3 Å². The SMILES string of the molecule is CCOC(=O)C(Oc1ccc2c(c1)sc(=O)n2-c1ccc(C(F)(F)F)cc1Cl)C(C)C. The lowest BCUT2D eigenvalue weighted by Gasteiger charge is -2.20. The summed E-state index contributed by atoms with van der Waals surface area (Å²) in [6.07, 6.45) is -5.36. The topological polar surface area (TPSA) is 57.5 Å². The maximum Gasteiger partial charge on any atom is 0.416 e. The molecule has 31 heavy (non-hydrogen) atoms. The first kappa shape index (κ1) is 23.1. The van der Waals surface area contributed by atoms with E-state index in [2.05, 4.69) is 0 Å². The molecule has 0 saturated carbocycles. The van der Waals surface area contributed by atoms with Gasteiger partial charge in [0.05, 0.1) is 33.1 Å². The van der Waals surface area contributed by atoms with E-state index < -0.39 is 28.7 Å². The molecule has 3 aromatic rings. The van der Waals surface area contributed by atoms with Crippen LogP contribution in [-0.4, -0.2) is 23.2 Å². The van der Waals surface area contributed by atoms with Crippen molar-refractivity contribution in [3.05, 3.63) is 56.7 Å². The van der Waals surface area contributed by atoms with Crippen LogP contribution in [0.3, 0.4) is 0 Å². The molecule has 0 aliphatic rings. The van der Waals surface area contributed by atoms with Gasteiger partial charge in [-0.1, -0.05) is 36.8 Å². The van der Waals surface area contributed by atoms with Gasteiger partial charge < -0.3 is 9.47 Å². The van der Waals surface area contributed by atoms with Gasteiger partial charge in [-0.25, -0.2) is 4.79 Å². The highest BCUT2D eigenvalue weighted by Crippen LogP contribution is 2.34. The smallest absolute Gasteiger partial charge is 0.416 e. The third kappa shape index (κ3) is 4.88. The van der Waals surface area contributed by atoms with Crippen LogP contribution in [0.4, 0.5) is 13.2 Å². The van der Waals surface area contributed by atoms with Gasteiger partial charge in [0, 0.05) is 5.92 Å². The van der Waals surface area contributed by atoms with Gasteiger partial charge in [-0.15, -0.1) is 0 Å². The summed E-state index contributed by atoms with van der Waals surface area (Å²) < 4.78 is 51.4. The number of alkyl halides is 3. The van der Waals surface area contributed by atoms with Crippen molar-refractivity contribution in [2.75, 3.05) is 6.61 Å². The fourth-order valence-corrected chi connectivity index (χ4v) is 4.17. The highest BCUT2D eigenvalue weighted by atomic mass is 35.5. The van der Waals surface area contributed by atoms with Crippen molar-refractivity contribution in [2.24, 2.45) is 5.92 Å². The fraction of sp³-hybridized carbons (Fsp3) is 0.333. The van der Waals surface area contributed by atoms with Gasteiger partial charge in [-0.2, -0.15) is 13.2 Å². The van der Waals surface area contributed by atoms with E-state index in [0.29, 0.717) is 16.0 Å². The second-order valence-corrected chi connectivity index (χ2v) is 8.43. The number of carbonyl (C=O) groups excluding carboxylic acids is 1. The number of ether oxygens (including phenoxy) is 2. The molecule has 1 heterocycles. The van der Waals surface area contributed by atoms with Crippen LogP contribution in [0.2, 0.25) is 5.02 Å². The Morgan fingerprint density at radius 1 is 1.19 bits per heavy atom. The van der Waals surface area contributed by atoms with Gasteiger partial charge in [0.25, 0.3) is 0 Å². The van der Waals surface area contributed by atoms with Crippen molar-refractivity contribution >= 4 is 39.1 Å². The van der Waals surface area contributed by atoms with E-state index in [9.17, 15) is 22.8 Å². The lowest BCUT2D eigenvalue weighted by molar-refractivity contribution is -0.153. The van der Waals surface area contributed by atoms with Gasteiger partial charge in [0.1, 0.15) is 5.75 Å². The number of halogens is 4. The van der Waals surface area contributed by atoms with Crippen LogP contribution in [0.5, 0.6) is 5.75 Å². The quantitative estimate of drug-likeness (QED) is 0.431. The average Bonchev–Trinajstić information content (AvgIpc) is 3.00. The fourth-order valence-electron chi connectivity index (χ4n) is 2.99. The summed E-state index contributed by atoms with van der Waals surface area (Å²) in [6, 6.07) is 7.61. The second-order valence-electron chi connectivity index (χ2n) is 7.03. The molecule has 166 valence electrons. The molecular weight excluding hydrogens is 455 g/mol. The molecule has 0 N–H and O–H groups in total. The molecule has 1 aromatic heterocycles. The largest absolute Gasteiger partial charge is 0.478 e. The Bertz CT molecular complexity index is 1170. The van der Waals surface area contributed by atoms with Gasteiger partial charge >= 0.3 is 17.0 Å². The van der Waals surface area contributed by atoms with E-state index in [1.54, 1.807) is 25.1 Å². The average molecular weight is 474 g/mol. The van der Waals surface area contributed by atoms with Crippen molar-refractivity contribution in [1.82, 2.24) is 4.57 Å². The minimum atomic E-state index is -4.54. The van der Waals surface area contributed by atoms with Crippen LogP contribution in [-0.2, 0) is 15.7 Å². The lowest BCUT2D eigenvalue weighted by Crippen LogP contribution is -2.34. The Morgan fingerprint density at radius 3 is 2.48 bits per heavy atom. The molecule has 0 spiro atoms. The zero-order valence-electron chi connectivity index (χ0n) is 16.8. The summed E-state index contributed by atoms with van der Waals surface area (Å²) in [5.74, 6) is -0.268. The predicted octanol–water partition coefficient (Wildman–Crippen LogP) is 5.69. The first-order chi connectivity index (χ1) is 14.5. The molecule has 0 fully saturated rings. The maximum absolute atomic E-state index is 12.9. The molecular formula is C21H19ClF3NO4S. The Morgan fingerprint density at radius 2 is 1.90 bits per heavy atom. The number of aromatic nitrogens is 1. The summed E-state index contributed by atoms with van der Waals surface area (Å²) in [5.41, 5.74) is -0.296. The lowest BCUT2D eigenvalue weighted by atomic mass is 10.1. The van der Waals surface area contributed by atoms with Crippen LogP contribution in [0, 0.1) is 5.92 Å². The number of hydrogen-bond acceptors (Lipinski definition) is 5. The van der Waals surface area contributed by atoms with E-state index in [-0.39, 0.29) is 23.2 Å². The summed E-state index contributed by atoms with van der Waals surface area (Å²) in [7, 11) is 0. The maximum atomic E-state index is 12.9. The summed E-state index contributed by atoms with van der Waals surface area (Å²) >= 11 is 6.96. The molecule has 0 radical (unpaired) electrons. The minimum Gasteiger partial charge on any atom is -0.478 e. The van der Waals surface area contributed by atoms with Crippen molar-refractivity contribution < 1.29 is 27.4 Å². The monoisotopic (exact) mass is 473 g/mol. The van der Waals surface area contributed by atoms with Gasteiger partial charge in [-0.3, -0.25) is 9.36 Å². The normalized spacial score (nSPS) is 12.9. The zero-order chi connectivity index (χ0) is 22.9. The second kappa shape index (κ2) is 8.92. The molecule has 0 saturated heterocycles. The van der Waals surface area contributed by atoms with Gasteiger partial charge in [0.2, 0.25) is 0 Å². The number of hydrogen-bond donors (Lipinski definition) is 0. The molecule has 2 aromatic carbocycles. The Balaban J connectivity index is 2.00. The Hall–Kier alpha value is -2.52. The zero-order valence-corrected chi connectivity index (χ0v) is 18.4. The summed E-state index contributed by atoms with van der Waals surface area (Å²) in [6.45, 7) is 5.57. The van der Waals surface area contributed by atoms with Crippen LogP contribution in [0.1, 0.15) is 26.3 Å². The van der Waals surface area contributed by atoms with Crippen molar-refractivity contribution in [3.63, 3.8) is 0 Å². The molecule has 0 amide bonds. The number of carbonyl (C=O) groups is 1. The predicted molar refractivity (Wildman–Crippen MR) is 113 cm³/mol. The molecule has 10 heteroatoms. The highest BCUT2D eigenvalue weighted by molar-refractivity contribution is 7.16. The number of rotatable bonds is 6. The molecule has 3 rings (SSSR count). The minimum absolute atomic E-state index is 0.145. The number of benzene rings is 2. The summed E-state index contributed by atoms with van der Waals surface area (Å²) in [4.78, 5) is 24.3. The van der Waals surface area contributed by atoms with Crippen molar-refractivity contribution in [2.45, 2.75) is 33.1 Å². The summed E-state index contributed by atoms with van der Waals surface area (Å²) in [5, 5.41) is -0.195. The number of thiazole rings is 1. The van der Waals surface area contributed by atoms with E-state index in [0.717, 1.165) is 23.5 Å². The number of esters is 1. The Labute approximate surface area is 185 Å². The van der Waals surface area contributed by atoms with E-state index in [1.807, 2.05) is 13.8 Å². The first-order valence-electron chi connectivity index (χ1n) is 9.39. The molecule has 0 aliphatic carbocycles. The third-order valence-electron chi connectivity index (χ3n) is 4.46. The van der Waals surface area contributed by atoms with Crippen LogP contribution in [0.25, 0.3) is 15.9 Å². The van der Waals surface area contributed by atoms with Crippen LogP contribution < -0.4 is 9.61 Å². The van der Waals surface area contributed by atoms with E-state index in [1.165, 1.54) is 10.6 Å². The number of nitrogens with zero attached hydrogens (tertiary/aromatic N) is 1. The van der Waals surface area contributed by atoms with Gasteiger partial charge in [0.15, 0.2) is 6.10 Å². The Kier molecular flexibility index (Phi) is 6.66. The molecule has 5 nitrogen and oxygen atoms in total. The van der Waals surface area contributed by atoms with E-state index >= 15 is 0 Å². The number of fused-ring (bicyclic) bond motifs is 1. The standard InChI is InChI=1S/C21H19ClF3NO4S/c1-4-29-19(27)18(11(2)3)30-13-6-8-16-17(10-13)31-20(28)26(16)15-7-5-12(9-14(15)22)21(23,24)25/h5-11,18H,4H2,1-3H3. The van der Waals surface area contributed by atoms with Crippen molar-refractivity contribution in [1.29, 1.82) is 0 Å².